The molecule has 0 aliphatic rings. The Morgan fingerprint density at radius 1 is 0.882 bits per heavy atom. The lowest BCUT2D eigenvalue weighted by Gasteiger charge is -2.11. The number of anilines is 2. The van der Waals surface area contributed by atoms with E-state index in [2.05, 4.69) is 20.7 Å². The first-order chi connectivity index (χ1) is 16.2. The molecule has 4 aromatic rings. The summed E-state index contributed by atoms with van der Waals surface area (Å²) in [5.74, 6) is 0. The molecule has 8 nitrogen and oxygen atoms in total. The molecule has 34 heavy (non-hydrogen) atoms. The molecule has 4 rings (SSSR count). The maximum atomic E-state index is 12.7. The zero-order chi connectivity index (χ0) is 24.3. The summed E-state index contributed by atoms with van der Waals surface area (Å²) in [4.78, 5) is 27.8. The molecule has 0 unspecified atom stereocenters. The molecular weight excluding hydrogens is 451 g/mol. The van der Waals surface area contributed by atoms with Crippen LogP contribution in [-0.4, -0.2) is 32.0 Å². The second-order valence-corrected chi connectivity index (χ2v) is 7.09. The zero-order valence-electron chi connectivity index (χ0n) is 17.2. The number of carbonyl (C=O) groups is 2. The first-order valence-corrected chi connectivity index (χ1v) is 9.80. The van der Waals surface area contributed by atoms with E-state index in [0.29, 0.717) is 28.1 Å². The minimum Gasteiger partial charge on any atom is -0.463 e. The number of carbonyl (C=O) groups excluding carboxylic acids is 1. The molecule has 0 spiro atoms. The molecule has 2 aromatic carbocycles. The van der Waals surface area contributed by atoms with Gasteiger partial charge < -0.3 is 15.7 Å². The number of rotatable bonds is 4. The first-order valence-electron chi connectivity index (χ1n) is 9.80. The minimum atomic E-state index is -4.47. The third-order valence-corrected chi connectivity index (χ3v) is 4.77. The first kappa shape index (κ1) is 22.5. The topological polar surface area (TPSA) is 109 Å². The molecule has 0 radical (unpaired) electrons. The van der Waals surface area contributed by atoms with Gasteiger partial charge in [-0.15, -0.1) is 0 Å². The summed E-state index contributed by atoms with van der Waals surface area (Å²) in [5.41, 5.74) is 1.90. The molecule has 0 atom stereocenters. The molecule has 0 saturated carbocycles. The van der Waals surface area contributed by atoms with Gasteiger partial charge in [0.1, 0.15) is 5.69 Å². The van der Waals surface area contributed by atoms with E-state index in [1.165, 1.54) is 6.20 Å². The van der Waals surface area contributed by atoms with Crippen LogP contribution in [0.1, 0.15) is 5.56 Å². The predicted octanol–water partition coefficient (Wildman–Crippen LogP) is 5.80. The Kier molecular flexibility index (Phi) is 6.00. The maximum absolute atomic E-state index is 12.7. The van der Waals surface area contributed by atoms with Crippen LogP contribution < -0.4 is 10.6 Å². The zero-order valence-corrected chi connectivity index (χ0v) is 17.2. The fraction of sp³-hybridized carbons (Fsp3) is 0.0435. The number of benzene rings is 2. The summed E-state index contributed by atoms with van der Waals surface area (Å²) in [6.07, 6.45) is -1.21. The quantitative estimate of drug-likeness (QED) is 0.351. The van der Waals surface area contributed by atoms with Gasteiger partial charge in [0.25, 0.3) is 0 Å². The number of hydrogen-bond acceptors (Lipinski definition) is 4. The fourth-order valence-corrected chi connectivity index (χ4v) is 3.21. The van der Waals surface area contributed by atoms with Gasteiger partial charge in [-0.1, -0.05) is 12.1 Å². The fourth-order valence-electron chi connectivity index (χ4n) is 3.21. The van der Waals surface area contributed by atoms with Gasteiger partial charge in [0, 0.05) is 41.1 Å². The van der Waals surface area contributed by atoms with E-state index in [-0.39, 0.29) is 5.69 Å². The highest BCUT2D eigenvalue weighted by molar-refractivity contribution is 6.00. The summed E-state index contributed by atoms with van der Waals surface area (Å²) in [5, 5.41) is 18.6. The van der Waals surface area contributed by atoms with E-state index in [1.54, 1.807) is 48.8 Å². The Balaban J connectivity index is 1.56. The number of carboxylic acid groups (broad SMARTS) is 1. The molecule has 0 saturated heterocycles. The van der Waals surface area contributed by atoms with Crippen LogP contribution in [0, 0.1) is 0 Å². The Bertz CT molecular complexity index is 1340. The van der Waals surface area contributed by atoms with E-state index in [0.717, 1.165) is 28.9 Å². The number of hydrogen-bond donors (Lipinski definition) is 3. The Hall–Kier alpha value is -4.67. The van der Waals surface area contributed by atoms with Crippen LogP contribution >= 0.6 is 0 Å². The van der Waals surface area contributed by atoms with Crippen LogP contribution in [0.15, 0.2) is 79.3 Å². The molecule has 2 heterocycles. The number of urea groups is 1. The van der Waals surface area contributed by atoms with Crippen LogP contribution in [0.5, 0.6) is 0 Å². The van der Waals surface area contributed by atoms with Gasteiger partial charge in [-0.3, -0.25) is 4.98 Å². The van der Waals surface area contributed by atoms with Crippen molar-refractivity contribution in [2.75, 3.05) is 10.6 Å². The van der Waals surface area contributed by atoms with E-state index in [4.69, 9.17) is 0 Å². The van der Waals surface area contributed by atoms with Crippen LogP contribution in [0.4, 0.5) is 34.1 Å². The van der Waals surface area contributed by atoms with Crippen LogP contribution in [0.2, 0.25) is 0 Å². The molecular formula is C23H16F3N5O3. The average Bonchev–Trinajstić information content (AvgIpc) is 3.26. The van der Waals surface area contributed by atoms with Gasteiger partial charge >= 0.3 is 18.3 Å². The number of alkyl halides is 3. The second kappa shape index (κ2) is 9.06. The van der Waals surface area contributed by atoms with Crippen molar-refractivity contribution >= 4 is 23.5 Å². The van der Waals surface area contributed by atoms with Crippen molar-refractivity contribution in [2.24, 2.45) is 0 Å². The molecule has 0 aliphatic heterocycles. The lowest BCUT2D eigenvalue weighted by molar-refractivity contribution is -0.137. The normalized spacial score (nSPS) is 11.1. The van der Waals surface area contributed by atoms with Gasteiger partial charge in [0.15, 0.2) is 0 Å². The SMILES string of the molecule is O=C(Nc1ccc(C(F)(F)F)cc1)Nc1cccc(-c2nn(C(=O)O)cc2-c2ccncc2)c1. The highest BCUT2D eigenvalue weighted by Gasteiger charge is 2.30. The summed E-state index contributed by atoms with van der Waals surface area (Å²) >= 11 is 0. The van der Waals surface area contributed by atoms with Gasteiger partial charge in [0.05, 0.1) is 5.56 Å². The van der Waals surface area contributed by atoms with E-state index in [1.807, 2.05) is 0 Å². The van der Waals surface area contributed by atoms with Crippen LogP contribution in [-0.2, 0) is 6.18 Å². The molecule has 0 fully saturated rings. The van der Waals surface area contributed by atoms with Gasteiger partial charge in [-0.2, -0.15) is 23.0 Å². The van der Waals surface area contributed by atoms with E-state index >= 15 is 0 Å². The highest BCUT2D eigenvalue weighted by Crippen LogP contribution is 2.32. The number of aromatic nitrogens is 3. The highest BCUT2D eigenvalue weighted by atomic mass is 19.4. The Morgan fingerprint density at radius 3 is 2.21 bits per heavy atom. The molecule has 2 amide bonds. The third-order valence-electron chi connectivity index (χ3n) is 4.77. The molecule has 0 aliphatic carbocycles. The van der Waals surface area contributed by atoms with Crippen LogP contribution in [0.25, 0.3) is 22.4 Å². The monoisotopic (exact) mass is 467 g/mol. The smallest absolute Gasteiger partial charge is 0.432 e. The van der Waals surface area contributed by atoms with Crippen molar-refractivity contribution in [1.29, 1.82) is 0 Å². The summed E-state index contributed by atoms with van der Waals surface area (Å²) in [7, 11) is 0. The number of nitrogens with zero attached hydrogens (tertiary/aromatic N) is 3. The Morgan fingerprint density at radius 2 is 1.56 bits per heavy atom. The van der Waals surface area contributed by atoms with Crippen molar-refractivity contribution < 1.29 is 27.9 Å². The van der Waals surface area contributed by atoms with E-state index < -0.39 is 23.9 Å². The third kappa shape index (κ3) is 5.04. The Labute approximate surface area is 190 Å². The second-order valence-electron chi connectivity index (χ2n) is 7.09. The van der Waals surface area contributed by atoms with Gasteiger partial charge in [-0.25, -0.2) is 9.59 Å². The summed E-state index contributed by atoms with van der Waals surface area (Å²) < 4.78 is 38.9. The standard InChI is InChI=1S/C23H16F3N5O3/c24-23(25,26)16-4-6-17(7-5-16)28-21(32)29-18-3-1-2-15(12-18)20-19(13-31(30-20)22(33)34)14-8-10-27-11-9-14/h1-13H,(H,33,34)(H2,28,29,32). The number of halogens is 3. The molecule has 11 heteroatoms. The van der Waals surface area contributed by atoms with Gasteiger partial charge in [-0.05, 0) is 54.1 Å². The van der Waals surface area contributed by atoms with E-state index in [9.17, 15) is 27.9 Å². The van der Waals surface area contributed by atoms with Crippen LogP contribution in [0.3, 0.4) is 0 Å². The summed E-state index contributed by atoms with van der Waals surface area (Å²) in [6.45, 7) is 0. The average molecular weight is 467 g/mol. The number of amides is 2. The van der Waals surface area contributed by atoms with Crippen molar-refractivity contribution in [3.63, 3.8) is 0 Å². The lowest BCUT2D eigenvalue weighted by Crippen LogP contribution is -2.19. The lowest BCUT2D eigenvalue weighted by atomic mass is 10.0. The largest absolute Gasteiger partial charge is 0.463 e. The van der Waals surface area contributed by atoms with Crippen molar-refractivity contribution in [3.8, 4) is 22.4 Å². The minimum absolute atomic E-state index is 0.182. The number of nitrogens with one attached hydrogen (secondary N) is 2. The van der Waals surface area contributed by atoms with Gasteiger partial charge in [0.2, 0.25) is 0 Å². The molecule has 0 bridgehead atoms. The van der Waals surface area contributed by atoms with Crippen molar-refractivity contribution in [1.82, 2.24) is 14.8 Å². The number of pyridine rings is 1. The molecule has 3 N–H and O–H groups in total. The maximum Gasteiger partial charge on any atom is 0.432 e. The van der Waals surface area contributed by atoms with Crippen molar-refractivity contribution in [2.45, 2.75) is 6.18 Å². The summed E-state index contributed by atoms with van der Waals surface area (Å²) in [6, 6.07) is 13.4. The molecule has 2 aromatic heterocycles. The molecule has 172 valence electrons. The van der Waals surface area contributed by atoms with Crippen molar-refractivity contribution in [3.05, 3.63) is 84.8 Å². The predicted molar refractivity (Wildman–Crippen MR) is 118 cm³/mol.